The van der Waals surface area contributed by atoms with Crippen molar-refractivity contribution in [3.63, 3.8) is 0 Å². The fraction of sp³-hybridized carbons (Fsp3) is 0.600. The normalized spacial score (nSPS) is 10.7. The molecule has 0 unspecified atom stereocenters. The molecule has 10 heteroatoms. The van der Waals surface area contributed by atoms with Crippen LogP contribution in [0.4, 0.5) is 0 Å². The fourth-order valence-corrected chi connectivity index (χ4v) is 1.62. The molecule has 3 N–H and O–H groups in total. The molecule has 2 heterocycles. The average Bonchev–Trinajstić information content (AvgIpc) is 3.07. The summed E-state index contributed by atoms with van der Waals surface area (Å²) in [7, 11) is 0. The maximum Gasteiger partial charge on any atom is 0.234 e. The van der Waals surface area contributed by atoms with Crippen LogP contribution in [0.1, 0.15) is 24.9 Å². The number of hydrogen-bond donors (Lipinski definition) is 2. The van der Waals surface area contributed by atoms with E-state index in [0.717, 1.165) is 13.0 Å². The van der Waals surface area contributed by atoms with Crippen molar-refractivity contribution in [2.24, 2.45) is 5.73 Å². The Morgan fingerprint density at radius 3 is 3.00 bits per heavy atom. The lowest BCUT2D eigenvalue weighted by Crippen LogP contribution is -2.29. The Hall–Kier alpha value is -2.36. The van der Waals surface area contributed by atoms with Crippen LogP contribution in [0.3, 0.4) is 0 Å². The Balaban J connectivity index is 1.95. The zero-order valence-electron chi connectivity index (χ0n) is 11.2. The zero-order valence-corrected chi connectivity index (χ0v) is 11.2. The van der Waals surface area contributed by atoms with E-state index in [2.05, 4.69) is 38.1 Å². The minimum Gasteiger partial charge on any atom is -0.349 e. The van der Waals surface area contributed by atoms with Crippen molar-refractivity contribution >= 4 is 5.91 Å². The largest absolute Gasteiger partial charge is 0.349 e. The highest BCUT2D eigenvalue weighted by atomic mass is 16.1. The van der Waals surface area contributed by atoms with E-state index in [0.29, 0.717) is 24.6 Å². The van der Waals surface area contributed by atoms with Gasteiger partial charge in [0.05, 0.1) is 19.3 Å². The van der Waals surface area contributed by atoms with Gasteiger partial charge in [0.1, 0.15) is 12.2 Å². The highest BCUT2D eigenvalue weighted by Crippen LogP contribution is 1.99. The highest BCUT2D eigenvalue weighted by molar-refractivity contribution is 5.77. The molecule has 0 saturated carbocycles. The maximum absolute atomic E-state index is 11.0. The maximum atomic E-state index is 11.0. The molecule has 0 aliphatic heterocycles. The third kappa shape index (κ3) is 3.57. The van der Waals surface area contributed by atoms with E-state index in [1.807, 2.05) is 0 Å². The molecular weight excluding hydrogens is 262 g/mol. The van der Waals surface area contributed by atoms with Gasteiger partial charge in [0, 0.05) is 6.54 Å². The van der Waals surface area contributed by atoms with E-state index in [9.17, 15) is 4.79 Å². The van der Waals surface area contributed by atoms with Gasteiger partial charge in [-0.25, -0.2) is 9.36 Å². The molecule has 20 heavy (non-hydrogen) atoms. The predicted octanol–water partition coefficient (Wildman–Crippen LogP) is -1.70. The first kappa shape index (κ1) is 14.1. The number of aromatic nitrogens is 7. The third-order valence-corrected chi connectivity index (χ3v) is 2.58. The molecule has 0 aromatic carbocycles. The van der Waals surface area contributed by atoms with Gasteiger partial charge in [-0.05, 0) is 16.8 Å². The van der Waals surface area contributed by atoms with Crippen LogP contribution in [0.2, 0.25) is 0 Å². The van der Waals surface area contributed by atoms with Gasteiger partial charge in [-0.1, -0.05) is 12.1 Å². The summed E-state index contributed by atoms with van der Waals surface area (Å²) in [4.78, 5) is 11.0. The lowest BCUT2D eigenvalue weighted by atomic mass is 10.4. The van der Waals surface area contributed by atoms with E-state index in [4.69, 9.17) is 5.73 Å². The number of carbonyl (C=O) groups excluding carboxylic acids is 1. The lowest BCUT2D eigenvalue weighted by Gasteiger charge is -2.01. The topological polar surface area (TPSA) is 129 Å². The van der Waals surface area contributed by atoms with E-state index in [1.54, 1.807) is 15.6 Å². The van der Waals surface area contributed by atoms with Gasteiger partial charge in [-0.3, -0.25) is 4.79 Å². The monoisotopic (exact) mass is 279 g/mol. The Bertz CT molecular complexity index is 561. The summed E-state index contributed by atoms with van der Waals surface area (Å²) in [6.45, 7) is 3.51. The standard InChI is InChI=1S/C10H17N9O/c1-2-3-19-9(14-15-17-19)7-18-6-8(13-16-18)5-12-10(20)4-11/h6H,2-5,7,11H2,1H3,(H,12,20). The molecule has 0 saturated heterocycles. The average molecular weight is 279 g/mol. The molecule has 0 spiro atoms. The van der Waals surface area contributed by atoms with Crippen molar-refractivity contribution in [2.45, 2.75) is 33.0 Å². The Kier molecular flexibility index (Phi) is 4.71. The Morgan fingerprint density at radius 2 is 2.25 bits per heavy atom. The molecule has 0 fully saturated rings. The van der Waals surface area contributed by atoms with Crippen molar-refractivity contribution in [3.05, 3.63) is 17.7 Å². The highest BCUT2D eigenvalue weighted by Gasteiger charge is 2.08. The Labute approximate surface area is 115 Å². The summed E-state index contributed by atoms with van der Waals surface area (Å²) in [5.74, 6) is 0.487. The number of hydrogen-bond acceptors (Lipinski definition) is 7. The summed E-state index contributed by atoms with van der Waals surface area (Å²) in [5.41, 5.74) is 5.85. The third-order valence-electron chi connectivity index (χ3n) is 2.58. The lowest BCUT2D eigenvalue weighted by molar-refractivity contribution is -0.119. The van der Waals surface area contributed by atoms with Crippen LogP contribution in [-0.2, 0) is 24.4 Å². The molecule has 2 aromatic rings. The van der Waals surface area contributed by atoms with Crippen LogP contribution >= 0.6 is 0 Å². The number of aryl methyl sites for hydroxylation is 1. The molecule has 10 nitrogen and oxygen atoms in total. The minimum atomic E-state index is -0.230. The van der Waals surface area contributed by atoms with E-state index in [1.165, 1.54) is 0 Å². The van der Waals surface area contributed by atoms with Gasteiger partial charge < -0.3 is 11.1 Å². The molecule has 1 amide bonds. The molecule has 0 aliphatic rings. The van der Waals surface area contributed by atoms with Crippen LogP contribution in [0.5, 0.6) is 0 Å². The zero-order chi connectivity index (χ0) is 14.4. The number of amides is 1. The van der Waals surface area contributed by atoms with Crippen LogP contribution in [0, 0.1) is 0 Å². The first-order valence-corrected chi connectivity index (χ1v) is 6.33. The van der Waals surface area contributed by atoms with Crippen LogP contribution < -0.4 is 11.1 Å². The molecule has 0 radical (unpaired) electrons. The van der Waals surface area contributed by atoms with Gasteiger partial charge >= 0.3 is 0 Å². The van der Waals surface area contributed by atoms with Crippen molar-refractivity contribution in [3.8, 4) is 0 Å². The predicted molar refractivity (Wildman–Crippen MR) is 68.1 cm³/mol. The molecule has 2 aromatic heterocycles. The molecule has 0 aliphatic carbocycles. The molecule has 2 rings (SSSR count). The van der Waals surface area contributed by atoms with E-state index < -0.39 is 0 Å². The van der Waals surface area contributed by atoms with Crippen molar-refractivity contribution in [1.82, 2.24) is 40.5 Å². The second kappa shape index (κ2) is 6.70. The van der Waals surface area contributed by atoms with Crippen molar-refractivity contribution in [2.75, 3.05) is 6.54 Å². The molecular formula is C10H17N9O. The van der Waals surface area contributed by atoms with Gasteiger partial charge in [0.25, 0.3) is 0 Å². The summed E-state index contributed by atoms with van der Waals surface area (Å²) in [6.07, 6.45) is 2.69. The minimum absolute atomic E-state index is 0.0417. The fourth-order valence-electron chi connectivity index (χ4n) is 1.62. The quantitative estimate of drug-likeness (QED) is 0.617. The van der Waals surface area contributed by atoms with E-state index in [-0.39, 0.29) is 12.5 Å². The Morgan fingerprint density at radius 1 is 1.40 bits per heavy atom. The number of rotatable bonds is 7. The summed E-state index contributed by atoms with van der Waals surface area (Å²) >= 11 is 0. The second-order valence-corrected chi connectivity index (χ2v) is 4.21. The number of nitrogens with one attached hydrogen (secondary N) is 1. The van der Waals surface area contributed by atoms with Gasteiger partial charge in [0.15, 0.2) is 5.82 Å². The first-order valence-electron chi connectivity index (χ1n) is 6.33. The van der Waals surface area contributed by atoms with Crippen molar-refractivity contribution < 1.29 is 4.79 Å². The van der Waals surface area contributed by atoms with E-state index >= 15 is 0 Å². The summed E-state index contributed by atoms with van der Waals surface area (Å²) < 4.78 is 3.36. The smallest absolute Gasteiger partial charge is 0.234 e. The number of nitrogens with two attached hydrogens (primary N) is 1. The van der Waals surface area contributed by atoms with Crippen LogP contribution in [-0.4, -0.2) is 47.7 Å². The number of carbonyl (C=O) groups is 1. The number of tetrazole rings is 1. The van der Waals surface area contributed by atoms with Crippen LogP contribution in [0.15, 0.2) is 6.20 Å². The molecule has 0 bridgehead atoms. The van der Waals surface area contributed by atoms with Gasteiger partial charge in [-0.15, -0.1) is 10.2 Å². The molecule has 0 atom stereocenters. The number of nitrogens with zero attached hydrogens (tertiary/aromatic N) is 7. The van der Waals surface area contributed by atoms with Gasteiger partial charge in [0.2, 0.25) is 5.91 Å². The van der Waals surface area contributed by atoms with Gasteiger partial charge in [-0.2, -0.15) is 0 Å². The first-order chi connectivity index (χ1) is 9.72. The van der Waals surface area contributed by atoms with Crippen LogP contribution in [0.25, 0.3) is 0 Å². The second-order valence-electron chi connectivity index (χ2n) is 4.21. The molecule has 108 valence electrons. The van der Waals surface area contributed by atoms with Crippen molar-refractivity contribution in [1.29, 1.82) is 0 Å². The SMILES string of the molecule is CCCn1nnnc1Cn1cc(CNC(=O)CN)nn1. The summed E-state index contributed by atoms with van der Waals surface area (Å²) in [5, 5.41) is 22.1. The summed E-state index contributed by atoms with van der Waals surface area (Å²) in [6, 6.07) is 0.